The van der Waals surface area contributed by atoms with Crippen LogP contribution in [0.1, 0.15) is 27.9 Å². The van der Waals surface area contributed by atoms with Crippen molar-refractivity contribution in [1.82, 2.24) is 0 Å². The standard InChI is InChI=1S/C15H14O2/c16-9-15-13-4-2-1-3-10(13)7-11-8-12(17)5-6-14(11)15/h1-4,7,9,12,17H,5-6,8H2. The molecule has 2 heteroatoms. The fourth-order valence-corrected chi connectivity index (χ4v) is 2.76. The molecule has 0 spiro atoms. The predicted octanol–water partition coefficient (Wildman–Crippen LogP) is 2.50. The molecule has 17 heavy (non-hydrogen) atoms. The van der Waals surface area contributed by atoms with E-state index in [2.05, 4.69) is 6.07 Å². The largest absolute Gasteiger partial charge is 0.393 e. The molecule has 1 unspecified atom stereocenters. The highest BCUT2D eigenvalue weighted by atomic mass is 16.3. The molecule has 1 atom stereocenters. The van der Waals surface area contributed by atoms with Crippen molar-refractivity contribution in [3.63, 3.8) is 0 Å². The number of benzene rings is 2. The van der Waals surface area contributed by atoms with Gasteiger partial charge < -0.3 is 5.11 Å². The lowest BCUT2D eigenvalue weighted by Crippen LogP contribution is -2.20. The van der Waals surface area contributed by atoms with Gasteiger partial charge in [-0.3, -0.25) is 4.79 Å². The van der Waals surface area contributed by atoms with Gasteiger partial charge in [0.25, 0.3) is 0 Å². The summed E-state index contributed by atoms with van der Waals surface area (Å²) in [4.78, 5) is 11.3. The third-order valence-electron chi connectivity index (χ3n) is 3.59. The molecular weight excluding hydrogens is 212 g/mol. The molecule has 0 aromatic heterocycles. The zero-order chi connectivity index (χ0) is 11.8. The molecular formula is C15H14O2. The minimum absolute atomic E-state index is 0.261. The first kappa shape index (κ1) is 10.5. The first-order valence-corrected chi connectivity index (χ1v) is 5.96. The molecule has 0 saturated carbocycles. The minimum atomic E-state index is -0.261. The van der Waals surface area contributed by atoms with Crippen LogP contribution in [0.25, 0.3) is 10.8 Å². The van der Waals surface area contributed by atoms with Crippen LogP contribution in [0.3, 0.4) is 0 Å². The molecule has 0 aliphatic heterocycles. The molecule has 0 fully saturated rings. The Balaban J connectivity index is 2.33. The van der Waals surface area contributed by atoms with E-state index in [0.29, 0.717) is 6.42 Å². The van der Waals surface area contributed by atoms with E-state index in [1.165, 1.54) is 0 Å². The number of carbonyl (C=O) groups excluding carboxylic acids is 1. The second kappa shape index (κ2) is 3.97. The average Bonchev–Trinajstić information content (AvgIpc) is 2.35. The number of aldehydes is 1. The molecule has 1 aliphatic rings. The van der Waals surface area contributed by atoms with Gasteiger partial charge in [0, 0.05) is 5.56 Å². The summed E-state index contributed by atoms with van der Waals surface area (Å²) in [6.45, 7) is 0. The zero-order valence-electron chi connectivity index (χ0n) is 9.52. The average molecular weight is 226 g/mol. The summed E-state index contributed by atoms with van der Waals surface area (Å²) < 4.78 is 0. The second-order valence-electron chi connectivity index (χ2n) is 4.66. The first-order valence-electron chi connectivity index (χ1n) is 5.96. The molecule has 0 radical (unpaired) electrons. The van der Waals surface area contributed by atoms with Gasteiger partial charge in [-0.2, -0.15) is 0 Å². The summed E-state index contributed by atoms with van der Waals surface area (Å²) in [6, 6.07) is 10.1. The molecule has 0 amide bonds. The Labute approximate surface area is 99.9 Å². The minimum Gasteiger partial charge on any atom is -0.393 e. The molecule has 2 nitrogen and oxygen atoms in total. The molecule has 86 valence electrons. The molecule has 3 rings (SSSR count). The van der Waals surface area contributed by atoms with Crippen LogP contribution in [0, 0.1) is 0 Å². The summed E-state index contributed by atoms with van der Waals surface area (Å²) >= 11 is 0. The van der Waals surface area contributed by atoms with Crippen molar-refractivity contribution >= 4 is 17.1 Å². The lowest BCUT2D eigenvalue weighted by molar-refractivity contribution is 0.112. The highest BCUT2D eigenvalue weighted by Crippen LogP contribution is 2.30. The maximum atomic E-state index is 11.3. The molecule has 2 aromatic rings. The molecule has 2 aromatic carbocycles. The summed E-state index contributed by atoms with van der Waals surface area (Å²) in [5, 5.41) is 11.8. The van der Waals surface area contributed by atoms with E-state index in [9.17, 15) is 9.90 Å². The summed E-state index contributed by atoms with van der Waals surface area (Å²) in [5.41, 5.74) is 3.07. The predicted molar refractivity (Wildman–Crippen MR) is 67.4 cm³/mol. The number of aliphatic hydroxyl groups is 1. The van der Waals surface area contributed by atoms with Gasteiger partial charge in [-0.25, -0.2) is 0 Å². The zero-order valence-corrected chi connectivity index (χ0v) is 9.52. The first-order chi connectivity index (χ1) is 8.29. The lowest BCUT2D eigenvalue weighted by Gasteiger charge is -2.23. The third-order valence-corrected chi connectivity index (χ3v) is 3.59. The van der Waals surface area contributed by atoms with Gasteiger partial charge in [-0.05, 0) is 41.2 Å². The van der Waals surface area contributed by atoms with Gasteiger partial charge >= 0.3 is 0 Å². The van der Waals surface area contributed by atoms with Gasteiger partial charge in [0.1, 0.15) is 0 Å². The smallest absolute Gasteiger partial charge is 0.150 e. The quantitative estimate of drug-likeness (QED) is 0.758. The van der Waals surface area contributed by atoms with Gasteiger partial charge in [-0.1, -0.05) is 30.3 Å². The van der Waals surface area contributed by atoms with Crippen molar-refractivity contribution in [3.05, 3.63) is 47.0 Å². The van der Waals surface area contributed by atoms with Crippen LogP contribution in [0.4, 0.5) is 0 Å². The maximum absolute atomic E-state index is 11.3. The number of aliphatic hydroxyl groups excluding tert-OH is 1. The number of rotatable bonds is 1. The van der Waals surface area contributed by atoms with Crippen LogP contribution in [0.2, 0.25) is 0 Å². The lowest BCUT2D eigenvalue weighted by atomic mass is 9.84. The van der Waals surface area contributed by atoms with Gasteiger partial charge in [-0.15, -0.1) is 0 Å². The van der Waals surface area contributed by atoms with E-state index >= 15 is 0 Å². The molecule has 1 N–H and O–H groups in total. The molecule has 0 bridgehead atoms. The summed E-state index contributed by atoms with van der Waals surface area (Å²) in [6.07, 6.45) is 2.92. The van der Waals surface area contributed by atoms with E-state index in [-0.39, 0.29) is 6.10 Å². The number of hydrogen-bond acceptors (Lipinski definition) is 2. The topological polar surface area (TPSA) is 37.3 Å². The molecule has 1 aliphatic carbocycles. The Morgan fingerprint density at radius 3 is 2.94 bits per heavy atom. The van der Waals surface area contributed by atoms with Crippen molar-refractivity contribution in [1.29, 1.82) is 0 Å². The Bertz CT molecular complexity index is 587. The Morgan fingerprint density at radius 1 is 1.29 bits per heavy atom. The van der Waals surface area contributed by atoms with Crippen molar-refractivity contribution in [3.8, 4) is 0 Å². The van der Waals surface area contributed by atoms with Crippen molar-refractivity contribution < 1.29 is 9.90 Å². The Hall–Kier alpha value is -1.67. The van der Waals surface area contributed by atoms with Crippen molar-refractivity contribution in [2.24, 2.45) is 0 Å². The number of hydrogen-bond donors (Lipinski definition) is 1. The second-order valence-corrected chi connectivity index (χ2v) is 4.66. The highest BCUT2D eigenvalue weighted by Gasteiger charge is 2.20. The van der Waals surface area contributed by atoms with Crippen LogP contribution in [-0.2, 0) is 12.8 Å². The number of carbonyl (C=O) groups is 1. The van der Waals surface area contributed by atoms with Crippen LogP contribution >= 0.6 is 0 Å². The Kier molecular flexibility index (Phi) is 2.45. The van der Waals surface area contributed by atoms with Crippen LogP contribution in [0.15, 0.2) is 30.3 Å². The molecule has 0 saturated heterocycles. The summed E-state index contributed by atoms with van der Waals surface area (Å²) in [7, 11) is 0. The molecule has 0 heterocycles. The van der Waals surface area contributed by atoms with Gasteiger partial charge in [0.05, 0.1) is 6.10 Å². The fourth-order valence-electron chi connectivity index (χ4n) is 2.76. The van der Waals surface area contributed by atoms with Crippen LogP contribution in [-0.4, -0.2) is 17.5 Å². The third kappa shape index (κ3) is 1.65. The number of fused-ring (bicyclic) bond motifs is 2. The van der Waals surface area contributed by atoms with Gasteiger partial charge in [0.15, 0.2) is 6.29 Å². The van der Waals surface area contributed by atoms with E-state index in [1.54, 1.807) is 0 Å². The Morgan fingerprint density at radius 2 is 2.12 bits per heavy atom. The van der Waals surface area contributed by atoms with E-state index in [0.717, 1.165) is 46.6 Å². The highest BCUT2D eigenvalue weighted by molar-refractivity contribution is 6.00. The fraction of sp³-hybridized carbons (Fsp3) is 0.267. The van der Waals surface area contributed by atoms with Gasteiger partial charge in [0.2, 0.25) is 0 Å². The van der Waals surface area contributed by atoms with Crippen LogP contribution in [0.5, 0.6) is 0 Å². The monoisotopic (exact) mass is 226 g/mol. The van der Waals surface area contributed by atoms with Crippen molar-refractivity contribution in [2.75, 3.05) is 0 Å². The van der Waals surface area contributed by atoms with Crippen molar-refractivity contribution in [2.45, 2.75) is 25.4 Å². The van der Waals surface area contributed by atoms with E-state index < -0.39 is 0 Å². The van der Waals surface area contributed by atoms with E-state index in [1.807, 2.05) is 24.3 Å². The van der Waals surface area contributed by atoms with Crippen LogP contribution < -0.4 is 0 Å². The maximum Gasteiger partial charge on any atom is 0.150 e. The summed E-state index contributed by atoms with van der Waals surface area (Å²) in [5.74, 6) is 0. The van der Waals surface area contributed by atoms with E-state index in [4.69, 9.17) is 0 Å². The SMILES string of the molecule is O=Cc1c2c(cc3ccccc13)CC(O)CC2. The normalized spacial score (nSPS) is 19.0.